The second-order valence-corrected chi connectivity index (χ2v) is 11.2. The summed E-state index contributed by atoms with van der Waals surface area (Å²) in [5, 5.41) is 10.7. The van der Waals surface area contributed by atoms with Crippen LogP contribution >= 0.6 is 11.6 Å². The first kappa shape index (κ1) is 26.5. The molecule has 1 saturated carbocycles. The van der Waals surface area contributed by atoms with Crippen LogP contribution in [0.1, 0.15) is 75.5 Å². The molecular formula is C28H28ClF3N8. The predicted octanol–water partition coefficient (Wildman–Crippen LogP) is 7.31. The standard InChI is InChI=1S/C28H28ClF3N8/c1-15(2)38-14-22(28(30,31)32)35-26(38)19-7-5-17(6-8-19)13-39-27-20(23(37-39)18-9-10-18)11-33-25(36-27)24-21(29)12-34-40(24)16(3)4/h5-8,11-12,14-16,18H,9-10,13H2,1-4H3. The SMILES string of the molecule is CC(C)n1cc(C(F)(F)F)nc1-c1ccc(Cn2nc(C3CC3)c3cnc(-c4c(Cl)cnn4C(C)C)nc32)cc1. The highest BCUT2D eigenvalue weighted by atomic mass is 35.5. The lowest BCUT2D eigenvalue weighted by Crippen LogP contribution is -2.08. The summed E-state index contributed by atoms with van der Waals surface area (Å²) in [6.45, 7) is 8.13. The maximum Gasteiger partial charge on any atom is 0.434 e. The lowest BCUT2D eigenvalue weighted by Gasteiger charge is -2.12. The van der Waals surface area contributed by atoms with E-state index in [0.717, 1.165) is 35.7 Å². The fourth-order valence-electron chi connectivity index (χ4n) is 4.88. The molecule has 0 atom stereocenters. The molecular weight excluding hydrogens is 541 g/mol. The van der Waals surface area contributed by atoms with Crippen molar-refractivity contribution in [1.82, 2.24) is 39.1 Å². The number of nitrogens with zero attached hydrogens (tertiary/aromatic N) is 8. The molecule has 208 valence electrons. The Morgan fingerprint density at radius 3 is 2.35 bits per heavy atom. The van der Waals surface area contributed by atoms with E-state index in [9.17, 15) is 13.2 Å². The van der Waals surface area contributed by atoms with E-state index in [-0.39, 0.29) is 17.9 Å². The average Bonchev–Trinajstić information content (AvgIpc) is 3.35. The van der Waals surface area contributed by atoms with Crippen molar-refractivity contribution in [1.29, 1.82) is 0 Å². The van der Waals surface area contributed by atoms with Gasteiger partial charge in [0, 0.05) is 36.0 Å². The van der Waals surface area contributed by atoms with Crippen LogP contribution in [0.25, 0.3) is 33.9 Å². The number of rotatable bonds is 7. The van der Waals surface area contributed by atoms with Gasteiger partial charge in [-0.1, -0.05) is 35.9 Å². The van der Waals surface area contributed by atoms with Crippen LogP contribution in [0.15, 0.2) is 42.9 Å². The van der Waals surface area contributed by atoms with Crippen molar-refractivity contribution in [3.63, 3.8) is 0 Å². The summed E-state index contributed by atoms with van der Waals surface area (Å²) < 4.78 is 45.3. The largest absolute Gasteiger partial charge is 0.434 e. The van der Waals surface area contributed by atoms with Gasteiger partial charge in [-0.2, -0.15) is 23.4 Å². The number of imidazole rings is 1. The molecule has 1 aliphatic rings. The number of aromatic nitrogens is 8. The third-order valence-electron chi connectivity index (χ3n) is 7.06. The molecule has 0 unspecified atom stereocenters. The third kappa shape index (κ3) is 4.76. The molecule has 0 N–H and O–H groups in total. The van der Waals surface area contributed by atoms with E-state index in [1.807, 2.05) is 50.7 Å². The van der Waals surface area contributed by atoms with Gasteiger partial charge in [0.05, 0.1) is 28.8 Å². The van der Waals surface area contributed by atoms with Gasteiger partial charge in [-0.05, 0) is 46.1 Å². The van der Waals surface area contributed by atoms with Crippen molar-refractivity contribution in [2.24, 2.45) is 0 Å². The Morgan fingerprint density at radius 1 is 1.00 bits per heavy atom. The highest BCUT2D eigenvalue weighted by molar-refractivity contribution is 6.32. The molecule has 1 fully saturated rings. The van der Waals surface area contributed by atoms with Crippen molar-refractivity contribution in [3.05, 3.63) is 64.8 Å². The molecule has 8 nitrogen and oxygen atoms in total. The summed E-state index contributed by atoms with van der Waals surface area (Å²) in [6, 6.07) is 7.27. The van der Waals surface area contributed by atoms with Crippen molar-refractivity contribution in [2.45, 2.75) is 71.3 Å². The molecule has 12 heteroatoms. The molecule has 0 aliphatic heterocycles. The number of hydrogen-bond acceptors (Lipinski definition) is 5. The Labute approximate surface area is 233 Å². The Bertz CT molecular complexity index is 1690. The van der Waals surface area contributed by atoms with Gasteiger partial charge in [0.15, 0.2) is 17.2 Å². The van der Waals surface area contributed by atoms with Gasteiger partial charge in [-0.3, -0.25) is 4.68 Å². The van der Waals surface area contributed by atoms with Crippen LogP contribution in [-0.2, 0) is 12.7 Å². The van der Waals surface area contributed by atoms with E-state index in [1.165, 1.54) is 0 Å². The summed E-state index contributed by atoms with van der Waals surface area (Å²) in [7, 11) is 0. The number of halogens is 4. The monoisotopic (exact) mass is 568 g/mol. The molecule has 40 heavy (non-hydrogen) atoms. The van der Waals surface area contributed by atoms with Crippen molar-refractivity contribution in [2.75, 3.05) is 0 Å². The maximum absolute atomic E-state index is 13.4. The van der Waals surface area contributed by atoms with Crippen LogP contribution in [0.4, 0.5) is 13.2 Å². The highest BCUT2D eigenvalue weighted by Crippen LogP contribution is 2.42. The Balaban J connectivity index is 1.36. The van der Waals surface area contributed by atoms with E-state index in [1.54, 1.807) is 27.6 Å². The molecule has 1 aromatic carbocycles. The molecule has 0 saturated heterocycles. The summed E-state index contributed by atoms with van der Waals surface area (Å²) in [5.74, 6) is 1.15. The molecule has 0 amide bonds. The summed E-state index contributed by atoms with van der Waals surface area (Å²) in [4.78, 5) is 13.4. The van der Waals surface area contributed by atoms with Crippen LogP contribution in [0, 0.1) is 0 Å². The summed E-state index contributed by atoms with van der Waals surface area (Å²) in [5.41, 5.74) is 2.99. The van der Waals surface area contributed by atoms with Crippen molar-refractivity contribution < 1.29 is 13.2 Å². The summed E-state index contributed by atoms with van der Waals surface area (Å²) >= 11 is 6.48. The van der Waals surface area contributed by atoms with Crippen LogP contribution in [0.5, 0.6) is 0 Å². The Morgan fingerprint density at radius 2 is 1.73 bits per heavy atom. The Hall–Kier alpha value is -3.73. The fourth-order valence-corrected chi connectivity index (χ4v) is 5.09. The van der Waals surface area contributed by atoms with Gasteiger partial charge in [-0.25, -0.2) is 19.6 Å². The van der Waals surface area contributed by atoms with E-state index < -0.39 is 11.9 Å². The topological polar surface area (TPSA) is 79.2 Å². The second kappa shape index (κ2) is 9.72. The van der Waals surface area contributed by atoms with Crippen molar-refractivity contribution >= 4 is 22.6 Å². The number of alkyl halides is 3. The minimum atomic E-state index is -4.51. The maximum atomic E-state index is 13.4. The molecule has 4 aromatic heterocycles. The lowest BCUT2D eigenvalue weighted by atomic mass is 10.1. The first-order valence-corrected chi connectivity index (χ1v) is 13.6. The second-order valence-electron chi connectivity index (χ2n) is 10.8. The molecule has 1 aliphatic carbocycles. The predicted molar refractivity (Wildman–Crippen MR) is 146 cm³/mol. The zero-order chi connectivity index (χ0) is 28.3. The number of hydrogen-bond donors (Lipinski definition) is 0. The number of benzene rings is 1. The first-order valence-electron chi connectivity index (χ1n) is 13.2. The van der Waals surface area contributed by atoms with E-state index >= 15 is 0 Å². The van der Waals surface area contributed by atoms with Crippen molar-refractivity contribution in [3.8, 4) is 22.9 Å². The first-order chi connectivity index (χ1) is 19.0. The lowest BCUT2D eigenvalue weighted by molar-refractivity contribution is -0.140. The molecule has 5 aromatic rings. The zero-order valence-corrected chi connectivity index (χ0v) is 23.2. The molecule has 0 bridgehead atoms. The number of fused-ring (bicyclic) bond motifs is 1. The van der Waals surface area contributed by atoms with E-state index in [0.29, 0.717) is 40.2 Å². The van der Waals surface area contributed by atoms with Gasteiger partial charge in [0.2, 0.25) is 0 Å². The van der Waals surface area contributed by atoms with Crippen LogP contribution in [0.3, 0.4) is 0 Å². The quantitative estimate of drug-likeness (QED) is 0.206. The van der Waals surface area contributed by atoms with Crippen LogP contribution in [0.2, 0.25) is 5.02 Å². The summed E-state index contributed by atoms with van der Waals surface area (Å²) in [6.07, 6.45) is 2.13. The molecule has 0 spiro atoms. The van der Waals surface area contributed by atoms with E-state index in [4.69, 9.17) is 21.7 Å². The smallest absolute Gasteiger partial charge is 0.328 e. The highest BCUT2D eigenvalue weighted by Gasteiger charge is 2.35. The van der Waals surface area contributed by atoms with Gasteiger partial charge >= 0.3 is 6.18 Å². The van der Waals surface area contributed by atoms with Gasteiger partial charge < -0.3 is 4.57 Å². The molecule has 0 radical (unpaired) electrons. The van der Waals surface area contributed by atoms with Gasteiger partial charge in [0.1, 0.15) is 11.5 Å². The molecule has 4 heterocycles. The van der Waals surface area contributed by atoms with Crippen LogP contribution in [-0.4, -0.2) is 39.1 Å². The normalized spacial score (nSPS) is 14.2. The van der Waals surface area contributed by atoms with Gasteiger partial charge in [-0.15, -0.1) is 0 Å². The third-order valence-corrected chi connectivity index (χ3v) is 7.33. The fraction of sp³-hybridized carbons (Fsp3) is 0.393. The minimum absolute atomic E-state index is 0.0748. The molecule has 6 rings (SSSR count). The minimum Gasteiger partial charge on any atom is -0.328 e. The van der Waals surface area contributed by atoms with Gasteiger partial charge in [0.25, 0.3) is 0 Å². The average molecular weight is 569 g/mol. The Kier molecular flexibility index (Phi) is 6.44. The zero-order valence-electron chi connectivity index (χ0n) is 22.5. The van der Waals surface area contributed by atoms with Crippen LogP contribution < -0.4 is 0 Å². The van der Waals surface area contributed by atoms with E-state index in [2.05, 4.69) is 15.1 Å².